The Labute approximate surface area is 70.6 Å². The van der Waals surface area contributed by atoms with E-state index in [1.807, 2.05) is 0 Å². The van der Waals surface area contributed by atoms with Gasteiger partial charge in [0.05, 0.1) is 0 Å². The number of hydrogen-bond acceptors (Lipinski definition) is 3. The second-order valence-corrected chi connectivity index (χ2v) is 2.44. The van der Waals surface area contributed by atoms with Crippen LogP contribution in [0.15, 0.2) is 0 Å². The van der Waals surface area contributed by atoms with E-state index in [9.17, 15) is 14.4 Å². The molecule has 1 unspecified atom stereocenters. The number of carboxylic acids is 1. The zero-order valence-electron chi connectivity index (χ0n) is 7.16. The average molecular weight is 172 g/mol. The molecule has 4 heteroatoms. The molecule has 0 aliphatic rings. The van der Waals surface area contributed by atoms with Gasteiger partial charge in [0.25, 0.3) is 0 Å². The van der Waals surface area contributed by atoms with Gasteiger partial charge in [0, 0.05) is 6.42 Å². The molecule has 1 atom stereocenters. The predicted octanol–water partition coefficient (Wildman–Crippen LogP) is 0.645. The number of rotatable bonds is 5. The second-order valence-electron chi connectivity index (χ2n) is 2.44. The lowest BCUT2D eigenvalue weighted by molar-refractivity contribution is -0.150. The number of aliphatic carboxylic acids is 1. The molecule has 12 heavy (non-hydrogen) atoms. The highest BCUT2D eigenvalue weighted by Crippen LogP contribution is 2.06. The summed E-state index contributed by atoms with van der Waals surface area (Å²) in [6, 6.07) is 0. The molecule has 0 aromatic carbocycles. The van der Waals surface area contributed by atoms with Crippen molar-refractivity contribution in [1.29, 1.82) is 0 Å². The lowest BCUT2D eigenvalue weighted by atomic mass is 9.97. The van der Waals surface area contributed by atoms with E-state index in [4.69, 9.17) is 5.11 Å². The van der Waals surface area contributed by atoms with Gasteiger partial charge >= 0.3 is 5.97 Å². The van der Waals surface area contributed by atoms with E-state index < -0.39 is 23.5 Å². The first-order valence-corrected chi connectivity index (χ1v) is 3.84. The molecule has 0 amide bonds. The third-order valence-corrected chi connectivity index (χ3v) is 1.62. The number of carbonyl (C=O) groups is 3. The number of carboxylic acid groups (broad SMARTS) is 1. The average Bonchev–Trinajstić information content (AvgIpc) is 2.03. The number of Topliss-reactive ketones (excluding diaryl/α,β-unsaturated/α-hetero) is 2. The van der Waals surface area contributed by atoms with Crippen molar-refractivity contribution in [3.63, 3.8) is 0 Å². The minimum absolute atomic E-state index is 0.0720. The Morgan fingerprint density at radius 3 is 2.00 bits per heavy atom. The number of hydrogen-bond donors (Lipinski definition) is 1. The molecular weight excluding hydrogens is 160 g/mol. The summed E-state index contributed by atoms with van der Waals surface area (Å²) in [5, 5.41) is 8.52. The zero-order chi connectivity index (χ0) is 9.72. The van der Waals surface area contributed by atoms with Crippen LogP contribution in [0.25, 0.3) is 0 Å². The van der Waals surface area contributed by atoms with Gasteiger partial charge in [0.15, 0.2) is 5.78 Å². The van der Waals surface area contributed by atoms with Crippen LogP contribution < -0.4 is 0 Å². The largest absolute Gasteiger partial charge is 0.481 e. The Morgan fingerprint density at radius 1 is 1.25 bits per heavy atom. The SMILES string of the molecule is CCC(=O)C(=O)C(CC)C(=O)O. The van der Waals surface area contributed by atoms with E-state index in [0.29, 0.717) is 0 Å². The molecule has 0 aliphatic heterocycles. The molecule has 0 fully saturated rings. The molecule has 0 spiro atoms. The third kappa shape index (κ3) is 2.45. The van der Waals surface area contributed by atoms with Gasteiger partial charge in [-0.15, -0.1) is 0 Å². The summed E-state index contributed by atoms with van der Waals surface area (Å²) < 4.78 is 0. The first-order chi connectivity index (χ1) is 5.54. The minimum atomic E-state index is -1.22. The summed E-state index contributed by atoms with van der Waals surface area (Å²) in [7, 11) is 0. The van der Waals surface area contributed by atoms with E-state index in [2.05, 4.69) is 0 Å². The van der Waals surface area contributed by atoms with E-state index in [-0.39, 0.29) is 12.8 Å². The van der Waals surface area contributed by atoms with Crippen molar-refractivity contribution in [2.45, 2.75) is 26.7 Å². The third-order valence-electron chi connectivity index (χ3n) is 1.62. The van der Waals surface area contributed by atoms with Gasteiger partial charge in [0.1, 0.15) is 5.92 Å². The Kier molecular flexibility index (Phi) is 4.18. The molecule has 0 aromatic heterocycles. The van der Waals surface area contributed by atoms with Gasteiger partial charge in [-0.3, -0.25) is 14.4 Å². The predicted molar refractivity (Wildman–Crippen MR) is 41.7 cm³/mol. The van der Waals surface area contributed by atoms with Crippen molar-refractivity contribution in [1.82, 2.24) is 0 Å². The highest BCUT2D eigenvalue weighted by molar-refractivity contribution is 6.40. The van der Waals surface area contributed by atoms with Gasteiger partial charge in [-0.2, -0.15) is 0 Å². The summed E-state index contributed by atoms with van der Waals surface area (Å²) in [6.07, 6.45) is 0.239. The van der Waals surface area contributed by atoms with Crippen molar-refractivity contribution in [3.05, 3.63) is 0 Å². The van der Waals surface area contributed by atoms with Gasteiger partial charge in [0.2, 0.25) is 5.78 Å². The van der Waals surface area contributed by atoms with Crippen LogP contribution >= 0.6 is 0 Å². The summed E-state index contributed by atoms with van der Waals surface area (Å²) in [6.45, 7) is 3.11. The highest BCUT2D eigenvalue weighted by atomic mass is 16.4. The molecule has 68 valence electrons. The zero-order valence-corrected chi connectivity index (χ0v) is 7.16. The highest BCUT2D eigenvalue weighted by Gasteiger charge is 2.28. The first-order valence-electron chi connectivity index (χ1n) is 3.84. The van der Waals surface area contributed by atoms with Crippen LogP contribution in [-0.2, 0) is 14.4 Å². The Hall–Kier alpha value is -1.19. The maximum absolute atomic E-state index is 11.0. The molecule has 0 heterocycles. The lowest BCUT2D eigenvalue weighted by Gasteiger charge is -2.05. The Bertz CT molecular complexity index is 207. The van der Waals surface area contributed by atoms with Crippen molar-refractivity contribution >= 4 is 17.5 Å². The molecule has 0 rings (SSSR count). The molecule has 0 aliphatic carbocycles. The second kappa shape index (κ2) is 4.64. The molecule has 0 aromatic rings. The van der Waals surface area contributed by atoms with Crippen LogP contribution in [0.4, 0.5) is 0 Å². The van der Waals surface area contributed by atoms with Crippen molar-refractivity contribution in [3.8, 4) is 0 Å². The summed E-state index contributed by atoms with van der Waals surface area (Å²) in [4.78, 5) is 32.2. The van der Waals surface area contributed by atoms with Crippen LogP contribution in [0.1, 0.15) is 26.7 Å². The van der Waals surface area contributed by atoms with Gasteiger partial charge in [-0.1, -0.05) is 13.8 Å². The summed E-state index contributed by atoms with van der Waals surface area (Å²) in [5.41, 5.74) is 0. The van der Waals surface area contributed by atoms with E-state index >= 15 is 0 Å². The van der Waals surface area contributed by atoms with Crippen molar-refractivity contribution in [2.75, 3.05) is 0 Å². The first kappa shape index (κ1) is 10.8. The molecule has 0 saturated heterocycles. The molecule has 1 N–H and O–H groups in total. The maximum Gasteiger partial charge on any atom is 0.314 e. The minimum Gasteiger partial charge on any atom is -0.481 e. The number of ketones is 2. The topological polar surface area (TPSA) is 71.4 Å². The van der Waals surface area contributed by atoms with Crippen LogP contribution in [0, 0.1) is 5.92 Å². The van der Waals surface area contributed by atoms with Crippen LogP contribution in [0.5, 0.6) is 0 Å². The molecule has 0 bridgehead atoms. The molecular formula is C8H12O4. The van der Waals surface area contributed by atoms with Crippen LogP contribution in [-0.4, -0.2) is 22.6 Å². The fraction of sp³-hybridized carbons (Fsp3) is 0.625. The Morgan fingerprint density at radius 2 is 1.75 bits per heavy atom. The fourth-order valence-electron chi connectivity index (χ4n) is 0.841. The van der Waals surface area contributed by atoms with Crippen LogP contribution in [0.2, 0.25) is 0 Å². The lowest BCUT2D eigenvalue weighted by Crippen LogP contribution is -2.29. The molecule has 0 radical (unpaired) electrons. The van der Waals surface area contributed by atoms with Gasteiger partial charge in [-0.25, -0.2) is 0 Å². The Balaban J connectivity index is 4.42. The normalized spacial score (nSPS) is 12.2. The molecule has 4 nitrogen and oxygen atoms in total. The van der Waals surface area contributed by atoms with E-state index in [0.717, 1.165) is 0 Å². The van der Waals surface area contributed by atoms with Crippen molar-refractivity contribution in [2.24, 2.45) is 5.92 Å². The standard InChI is InChI=1S/C8H12O4/c1-3-5(8(11)12)7(10)6(9)4-2/h5H,3-4H2,1-2H3,(H,11,12). The van der Waals surface area contributed by atoms with Gasteiger partial charge in [-0.05, 0) is 6.42 Å². The summed E-state index contributed by atoms with van der Waals surface area (Å²) >= 11 is 0. The monoisotopic (exact) mass is 172 g/mol. The summed E-state index contributed by atoms with van der Waals surface area (Å²) in [5.74, 6) is -3.77. The van der Waals surface area contributed by atoms with Gasteiger partial charge < -0.3 is 5.11 Å². The maximum atomic E-state index is 11.0. The fourth-order valence-corrected chi connectivity index (χ4v) is 0.841. The number of carbonyl (C=O) groups excluding carboxylic acids is 2. The molecule has 0 saturated carbocycles. The van der Waals surface area contributed by atoms with Crippen molar-refractivity contribution < 1.29 is 19.5 Å². The quantitative estimate of drug-likeness (QED) is 0.488. The van der Waals surface area contributed by atoms with E-state index in [1.165, 1.54) is 6.92 Å². The van der Waals surface area contributed by atoms with E-state index in [1.54, 1.807) is 6.92 Å². The van der Waals surface area contributed by atoms with Crippen LogP contribution in [0.3, 0.4) is 0 Å². The smallest absolute Gasteiger partial charge is 0.314 e.